The van der Waals surface area contributed by atoms with E-state index in [1.54, 1.807) is 5.01 Å². The number of thioether (sulfide) groups is 1. The van der Waals surface area contributed by atoms with Crippen molar-refractivity contribution in [2.45, 2.75) is 6.92 Å². The van der Waals surface area contributed by atoms with Crippen LogP contribution in [0.5, 0.6) is 0 Å². The first-order chi connectivity index (χ1) is 5.38. The zero-order valence-corrected chi connectivity index (χ0v) is 7.64. The number of hydrazine groups is 1. The van der Waals surface area contributed by atoms with Crippen LogP contribution in [0.15, 0.2) is 0 Å². The second kappa shape index (κ2) is 4.62. The van der Waals surface area contributed by atoms with Crippen molar-refractivity contribution in [1.82, 2.24) is 10.0 Å². The van der Waals surface area contributed by atoms with Crippen molar-refractivity contribution < 1.29 is 4.79 Å². The lowest BCUT2D eigenvalue weighted by Crippen LogP contribution is -2.46. The average molecular weight is 174 g/mol. The Labute approximate surface area is 71.7 Å². The second-order valence-corrected chi connectivity index (χ2v) is 3.65. The lowest BCUT2D eigenvalue weighted by molar-refractivity contribution is -0.133. The highest BCUT2D eigenvalue weighted by atomic mass is 32.2. The standard InChI is InChI=1S/C7H14N2OS/c1-2-8(7-10)9-3-5-11-6-4-9/h7H,2-6H2,1H3. The summed E-state index contributed by atoms with van der Waals surface area (Å²) >= 11 is 1.95. The van der Waals surface area contributed by atoms with Crippen LogP contribution >= 0.6 is 11.8 Å². The van der Waals surface area contributed by atoms with Gasteiger partial charge in [0, 0.05) is 31.1 Å². The van der Waals surface area contributed by atoms with Gasteiger partial charge in [0.15, 0.2) is 0 Å². The van der Waals surface area contributed by atoms with Gasteiger partial charge in [0.25, 0.3) is 0 Å². The van der Waals surface area contributed by atoms with Crippen LogP contribution in [0.25, 0.3) is 0 Å². The van der Waals surface area contributed by atoms with Gasteiger partial charge in [0.2, 0.25) is 6.41 Å². The third-order valence-corrected chi connectivity index (χ3v) is 2.74. The molecule has 0 aromatic heterocycles. The van der Waals surface area contributed by atoms with E-state index in [-0.39, 0.29) is 0 Å². The molecule has 0 aliphatic carbocycles. The molecule has 1 aliphatic heterocycles. The molecule has 4 heteroatoms. The summed E-state index contributed by atoms with van der Waals surface area (Å²) in [6, 6.07) is 0. The number of carbonyl (C=O) groups excluding carboxylic acids is 1. The Kier molecular flexibility index (Phi) is 3.72. The van der Waals surface area contributed by atoms with Crippen molar-refractivity contribution in [3.63, 3.8) is 0 Å². The van der Waals surface area contributed by atoms with Crippen molar-refractivity contribution in [2.75, 3.05) is 31.1 Å². The maximum atomic E-state index is 10.5. The van der Waals surface area contributed by atoms with Gasteiger partial charge >= 0.3 is 0 Å². The highest BCUT2D eigenvalue weighted by Gasteiger charge is 2.14. The van der Waals surface area contributed by atoms with Crippen LogP contribution in [0, 0.1) is 0 Å². The van der Waals surface area contributed by atoms with Crippen LogP contribution in [-0.4, -0.2) is 47.6 Å². The topological polar surface area (TPSA) is 23.6 Å². The minimum Gasteiger partial charge on any atom is -0.278 e. The quantitative estimate of drug-likeness (QED) is 0.580. The largest absolute Gasteiger partial charge is 0.278 e. The highest BCUT2D eigenvalue weighted by Crippen LogP contribution is 2.10. The molecule has 1 heterocycles. The number of carbonyl (C=O) groups is 1. The Balaban J connectivity index is 2.35. The van der Waals surface area contributed by atoms with Crippen molar-refractivity contribution >= 4 is 18.2 Å². The van der Waals surface area contributed by atoms with E-state index < -0.39 is 0 Å². The molecule has 0 bridgehead atoms. The minimum atomic E-state index is 0.786. The third kappa shape index (κ3) is 2.38. The summed E-state index contributed by atoms with van der Waals surface area (Å²) in [7, 11) is 0. The molecular weight excluding hydrogens is 160 g/mol. The van der Waals surface area contributed by atoms with Gasteiger partial charge in [-0.05, 0) is 6.92 Å². The van der Waals surface area contributed by atoms with E-state index in [4.69, 9.17) is 0 Å². The lowest BCUT2D eigenvalue weighted by Gasteiger charge is -2.33. The second-order valence-electron chi connectivity index (χ2n) is 2.43. The third-order valence-electron chi connectivity index (χ3n) is 1.80. The molecule has 0 radical (unpaired) electrons. The first kappa shape index (κ1) is 8.87. The summed E-state index contributed by atoms with van der Waals surface area (Å²) in [6.07, 6.45) is 0.913. The van der Waals surface area contributed by atoms with E-state index >= 15 is 0 Å². The minimum absolute atomic E-state index is 0.786. The van der Waals surface area contributed by atoms with Gasteiger partial charge in [0.1, 0.15) is 0 Å². The fourth-order valence-electron chi connectivity index (χ4n) is 1.15. The average Bonchev–Trinajstić information content (AvgIpc) is 2.09. The van der Waals surface area contributed by atoms with Crippen molar-refractivity contribution in [3.8, 4) is 0 Å². The van der Waals surface area contributed by atoms with Gasteiger partial charge in [-0.3, -0.25) is 9.80 Å². The molecule has 0 atom stereocenters. The molecule has 3 nitrogen and oxygen atoms in total. The maximum Gasteiger partial charge on any atom is 0.224 e. The number of amides is 1. The summed E-state index contributed by atoms with van der Waals surface area (Å²) in [6.45, 7) is 4.80. The SMILES string of the molecule is CCN(C=O)N1CCSCC1. The fourth-order valence-corrected chi connectivity index (χ4v) is 2.04. The zero-order chi connectivity index (χ0) is 8.10. The Morgan fingerprint density at radius 3 is 2.64 bits per heavy atom. The molecule has 0 aromatic rings. The smallest absolute Gasteiger partial charge is 0.224 e. The van der Waals surface area contributed by atoms with E-state index in [0.717, 1.165) is 37.6 Å². The first-order valence-corrected chi connectivity index (χ1v) is 5.08. The van der Waals surface area contributed by atoms with Gasteiger partial charge in [-0.25, -0.2) is 5.01 Å². The monoisotopic (exact) mass is 174 g/mol. The number of hydrogen-bond acceptors (Lipinski definition) is 3. The fraction of sp³-hybridized carbons (Fsp3) is 0.857. The summed E-state index contributed by atoms with van der Waals surface area (Å²) in [4.78, 5) is 10.5. The molecule has 1 amide bonds. The van der Waals surface area contributed by atoms with Crippen LogP contribution in [0.4, 0.5) is 0 Å². The summed E-state index contributed by atoms with van der Waals surface area (Å²) < 4.78 is 0. The molecule has 0 unspecified atom stereocenters. The van der Waals surface area contributed by atoms with Crippen LogP contribution in [0.3, 0.4) is 0 Å². The highest BCUT2D eigenvalue weighted by molar-refractivity contribution is 7.99. The Morgan fingerprint density at radius 2 is 2.18 bits per heavy atom. The molecule has 1 saturated heterocycles. The van der Waals surface area contributed by atoms with Gasteiger partial charge in [-0.15, -0.1) is 0 Å². The van der Waals surface area contributed by atoms with Crippen molar-refractivity contribution in [1.29, 1.82) is 0 Å². The van der Waals surface area contributed by atoms with E-state index in [1.807, 2.05) is 18.7 Å². The van der Waals surface area contributed by atoms with Gasteiger partial charge in [-0.1, -0.05) is 0 Å². The van der Waals surface area contributed by atoms with Crippen molar-refractivity contribution in [3.05, 3.63) is 0 Å². The van der Waals surface area contributed by atoms with Crippen molar-refractivity contribution in [2.24, 2.45) is 0 Å². The summed E-state index contributed by atoms with van der Waals surface area (Å²) in [5.41, 5.74) is 0. The molecular formula is C7H14N2OS. The molecule has 1 fully saturated rings. The number of nitrogens with zero attached hydrogens (tertiary/aromatic N) is 2. The van der Waals surface area contributed by atoms with Gasteiger partial charge in [-0.2, -0.15) is 11.8 Å². The predicted molar refractivity (Wildman–Crippen MR) is 47.3 cm³/mol. The summed E-state index contributed by atoms with van der Waals surface area (Å²) in [5.74, 6) is 2.29. The molecule has 1 rings (SSSR count). The van der Waals surface area contributed by atoms with E-state index in [9.17, 15) is 4.79 Å². The Bertz CT molecular complexity index is 126. The summed E-state index contributed by atoms with van der Waals surface area (Å²) in [5, 5.41) is 3.86. The molecule has 0 saturated carbocycles. The zero-order valence-electron chi connectivity index (χ0n) is 6.82. The predicted octanol–water partition coefficient (Wildman–Crippen LogP) is 0.429. The number of rotatable bonds is 3. The van der Waals surface area contributed by atoms with Crippen LogP contribution in [-0.2, 0) is 4.79 Å². The lowest BCUT2D eigenvalue weighted by atomic mass is 10.6. The normalized spacial score (nSPS) is 19.7. The van der Waals surface area contributed by atoms with Crippen LogP contribution in [0.2, 0.25) is 0 Å². The Morgan fingerprint density at radius 1 is 1.55 bits per heavy atom. The van der Waals surface area contributed by atoms with E-state index in [2.05, 4.69) is 5.01 Å². The van der Waals surface area contributed by atoms with Gasteiger partial charge < -0.3 is 0 Å². The maximum absolute atomic E-state index is 10.5. The van der Waals surface area contributed by atoms with Gasteiger partial charge in [0.05, 0.1) is 0 Å². The van der Waals surface area contributed by atoms with Crippen LogP contribution < -0.4 is 0 Å². The molecule has 64 valence electrons. The molecule has 0 aromatic carbocycles. The molecule has 11 heavy (non-hydrogen) atoms. The van der Waals surface area contributed by atoms with E-state index in [0.29, 0.717) is 0 Å². The molecule has 1 aliphatic rings. The van der Waals surface area contributed by atoms with Crippen LogP contribution in [0.1, 0.15) is 6.92 Å². The molecule has 0 spiro atoms. The first-order valence-electron chi connectivity index (χ1n) is 3.93. The van der Waals surface area contributed by atoms with E-state index in [1.165, 1.54) is 0 Å². The Hall–Kier alpha value is -0.220. The molecule has 0 N–H and O–H groups in total. The number of hydrogen-bond donors (Lipinski definition) is 0.